The van der Waals surface area contributed by atoms with Crippen LogP contribution in [-0.2, 0) is 5.41 Å². The maximum absolute atomic E-state index is 6.51. The third-order valence-corrected chi connectivity index (χ3v) is 14.1. The molecule has 2 nitrogen and oxygen atoms in total. The van der Waals surface area contributed by atoms with Gasteiger partial charge in [-0.05, 0) is 119 Å². The van der Waals surface area contributed by atoms with Gasteiger partial charge in [0.05, 0.1) is 16.8 Å². The van der Waals surface area contributed by atoms with Gasteiger partial charge in [-0.15, -0.1) is 0 Å². The first kappa shape index (κ1) is 34.5. The smallest absolute Gasteiger partial charge is 0.136 e. The summed E-state index contributed by atoms with van der Waals surface area (Å²) in [6.45, 7) is 0. The number of rotatable bonds is 4. The van der Waals surface area contributed by atoms with Crippen molar-refractivity contribution in [3.8, 4) is 33.4 Å². The van der Waals surface area contributed by atoms with Crippen LogP contribution >= 0.6 is 0 Å². The van der Waals surface area contributed by atoms with Crippen molar-refractivity contribution < 1.29 is 4.42 Å². The minimum Gasteiger partial charge on any atom is -0.456 e. The Bertz CT molecular complexity index is 3780. The number of nitrogens with zero attached hydrogens (tertiary/aromatic N) is 1. The Hall–Kier alpha value is -8.20. The summed E-state index contributed by atoms with van der Waals surface area (Å²) in [6, 6.07) is 83.0. The van der Waals surface area contributed by atoms with E-state index < -0.39 is 5.41 Å². The molecule has 0 atom stereocenters. The SMILES string of the molecule is c1ccc(N(c2ccc3c(c2)C2(c4ccccc4-c4ccccc42)c2ccccc2-3)c2cccc3c4ccccc4c4ccccc4c23)c(-c2ccc3c(c2)oc2ccccc23)c1. The maximum Gasteiger partial charge on any atom is 0.136 e. The summed E-state index contributed by atoms with van der Waals surface area (Å²) < 4.78 is 6.51. The Morgan fingerprint density at radius 1 is 0.302 bits per heavy atom. The Morgan fingerprint density at radius 2 is 0.778 bits per heavy atom. The molecule has 1 aromatic heterocycles. The first-order valence-corrected chi connectivity index (χ1v) is 21.8. The van der Waals surface area contributed by atoms with E-state index in [9.17, 15) is 0 Å². The van der Waals surface area contributed by atoms with Crippen LogP contribution in [0.4, 0.5) is 17.1 Å². The summed E-state index contributed by atoms with van der Waals surface area (Å²) in [5.74, 6) is 0. The molecule has 12 aromatic rings. The molecule has 0 unspecified atom stereocenters. The zero-order valence-electron chi connectivity index (χ0n) is 34.2. The van der Waals surface area contributed by atoms with E-state index in [1.165, 1.54) is 76.8 Å². The molecule has 0 bridgehead atoms. The standard InChI is InChI=1S/C61H37NO/c1-2-18-43-41(17-1)42-19-3-4-24-50(42)60-51(43)25-15-30-57(60)62(56-29-13-8-16-40(56)38-32-34-49-48-23-9-14-31-58(48)63-59(49)36-38)39-33-35-47-46-22-7-12-28-54(46)61(55(47)37-39)52-26-10-5-20-44(52)45-21-6-11-27-53(45)61/h1-37H. The molecule has 0 saturated heterocycles. The predicted octanol–water partition coefficient (Wildman–Crippen LogP) is 16.5. The quantitative estimate of drug-likeness (QED) is 0.165. The summed E-state index contributed by atoms with van der Waals surface area (Å²) >= 11 is 0. The molecule has 2 aliphatic rings. The van der Waals surface area contributed by atoms with Crippen LogP contribution < -0.4 is 4.90 Å². The highest BCUT2D eigenvalue weighted by molar-refractivity contribution is 6.29. The van der Waals surface area contributed by atoms with E-state index in [4.69, 9.17) is 4.42 Å². The second-order valence-corrected chi connectivity index (χ2v) is 17.1. The van der Waals surface area contributed by atoms with Gasteiger partial charge in [-0.3, -0.25) is 0 Å². The Labute approximate surface area is 364 Å². The van der Waals surface area contributed by atoms with E-state index in [0.29, 0.717) is 0 Å². The zero-order chi connectivity index (χ0) is 41.2. The highest BCUT2D eigenvalue weighted by Gasteiger charge is 2.51. The molecule has 63 heavy (non-hydrogen) atoms. The molecule has 0 aliphatic heterocycles. The number of fused-ring (bicyclic) bond motifs is 19. The van der Waals surface area contributed by atoms with Crippen LogP contribution in [0.5, 0.6) is 0 Å². The van der Waals surface area contributed by atoms with Crippen LogP contribution in [0, 0.1) is 0 Å². The molecule has 0 N–H and O–H groups in total. The number of benzene rings is 11. The van der Waals surface area contributed by atoms with Gasteiger partial charge in [-0.1, -0.05) is 182 Å². The molecule has 11 aromatic carbocycles. The lowest BCUT2D eigenvalue weighted by Crippen LogP contribution is -2.26. The molecular formula is C61H37NO. The fourth-order valence-electron chi connectivity index (χ4n) is 11.6. The van der Waals surface area contributed by atoms with Crippen LogP contribution in [0.15, 0.2) is 229 Å². The van der Waals surface area contributed by atoms with Crippen molar-refractivity contribution in [1.29, 1.82) is 0 Å². The average Bonchev–Trinajstić information content (AvgIpc) is 3.98. The van der Waals surface area contributed by atoms with Gasteiger partial charge in [-0.25, -0.2) is 0 Å². The number of para-hydroxylation sites is 2. The molecule has 1 heterocycles. The lowest BCUT2D eigenvalue weighted by molar-refractivity contribution is 0.669. The van der Waals surface area contributed by atoms with Gasteiger partial charge in [0.15, 0.2) is 0 Å². The summed E-state index contributed by atoms with van der Waals surface area (Å²) in [4.78, 5) is 2.53. The topological polar surface area (TPSA) is 16.4 Å². The van der Waals surface area contributed by atoms with Gasteiger partial charge in [-0.2, -0.15) is 0 Å². The van der Waals surface area contributed by atoms with Crippen molar-refractivity contribution in [1.82, 2.24) is 0 Å². The Morgan fingerprint density at radius 3 is 1.44 bits per heavy atom. The minimum absolute atomic E-state index is 0.478. The van der Waals surface area contributed by atoms with Crippen molar-refractivity contribution in [2.24, 2.45) is 0 Å². The molecular weight excluding hydrogens is 763 g/mol. The molecule has 14 rings (SSSR count). The van der Waals surface area contributed by atoms with Crippen LogP contribution in [0.3, 0.4) is 0 Å². The largest absolute Gasteiger partial charge is 0.456 e. The second-order valence-electron chi connectivity index (χ2n) is 17.1. The van der Waals surface area contributed by atoms with Gasteiger partial charge in [0.2, 0.25) is 0 Å². The molecule has 1 spiro atoms. The van der Waals surface area contributed by atoms with Crippen LogP contribution in [0.1, 0.15) is 22.3 Å². The highest BCUT2D eigenvalue weighted by atomic mass is 16.3. The normalized spacial score (nSPS) is 13.2. The summed E-state index contributed by atoms with van der Waals surface area (Å²) in [7, 11) is 0. The van der Waals surface area contributed by atoms with Crippen molar-refractivity contribution in [3.63, 3.8) is 0 Å². The van der Waals surface area contributed by atoms with Crippen LogP contribution in [0.2, 0.25) is 0 Å². The highest BCUT2D eigenvalue weighted by Crippen LogP contribution is 2.63. The summed E-state index contributed by atoms with van der Waals surface area (Å²) in [6.07, 6.45) is 0. The van der Waals surface area contributed by atoms with Gasteiger partial charge >= 0.3 is 0 Å². The molecule has 292 valence electrons. The molecule has 0 fully saturated rings. The monoisotopic (exact) mass is 799 g/mol. The van der Waals surface area contributed by atoms with Crippen LogP contribution in [-0.4, -0.2) is 0 Å². The number of anilines is 3. The molecule has 2 heteroatoms. The molecule has 0 amide bonds. The van der Waals surface area contributed by atoms with Crippen LogP contribution in [0.25, 0.3) is 87.6 Å². The third-order valence-electron chi connectivity index (χ3n) is 14.1. The van der Waals surface area contributed by atoms with Gasteiger partial charge in [0, 0.05) is 27.4 Å². The van der Waals surface area contributed by atoms with E-state index in [0.717, 1.165) is 50.1 Å². The second kappa shape index (κ2) is 12.9. The summed E-state index contributed by atoms with van der Waals surface area (Å²) in [5.41, 5.74) is 17.3. The first-order chi connectivity index (χ1) is 31.3. The molecule has 0 saturated carbocycles. The summed E-state index contributed by atoms with van der Waals surface area (Å²) in [5, 5.41) is 9.71. The fraction of sp³-hybridized carbons (Fsp3) is 0.0164. The Balaban J connectivity index is 1.09. The molecule has 2 aliphatic carbocycles. The van der Waals surface area contributed by atoms with E-state index in [1.54, 1.807) is 0 Å². The van der Waals surface area contributed by atoms with Crippen molar-refractivity contribution in [3.05, 3.63) is 247 Å². The van der Waals surface area contributed by atoms with E-state index in [1.807, 2.05) is 6.07 Å². The lowest BCUT2D eigenvalue weighted by Gasteiger charge is -2.33. The van der Waals surface area contributed by atoms with E-state index >= 15 is 0 Å². The van der Waals surface area contributed by atoms with E-state index in [2.05, 4.69) is 223 Å². The number of hydrogen-bond donors (Lipinski definition) is 0. The zero-order valence-corrected chi connectivity index (χ0v) is 34.2. The minimum atomic E-state index is -0.478. The molecule has 0 radical (unpaired) electrons. The third kappa shape index (κ3) is 4.62. The van der Waals surface area contributed by atoms with Crippen molar-refractivity contribution in [2.75, 3.05) is 4.90 Å². The van der Waals surface area contributed by atoms with Gasteiger partial charge in [0.25, 0.3) is 0 Å². The average molecular weight is 800 g/mol. The lowest BCUT2D eigenvalue weighted by atomic mass is 9.70. The van der Waals surface area contributed by atoms with Crippen molar-refractivity contribution >= 4 is 71.3 Å². The fourth-order valence-corrected chi connectivity index (χ4v) is 11.6. The Kier molecular flexibility index (Phi) is 7.07. The van der Waals surface area contributed by atoms with Gasteiger partial charge in [0.1, 0.15) is 11.2 Å². The van der Waals surface area contributed by atoms with Gasteiger partial charge < -0.3 is 9.32 Å². The first-order valence-electron chi connectivity index (χ1n) is 21.8. The van der Waals surface area contributed by atoms with E-state index in [-0.39, 0.29) is 0 Å². The van der Waals surface area contributed by atoms with Crippen molar-refractivity contribution in [2.45, 2.75) is 5.41 Å². The maximum atomic E-state index is 6.51. The number of furan rings is 1. The number of hydrogen-bond acceptors (Lipinski definition) is 2. The predicted molar refractivity (Wildman–Crippen MR) is 263 cm³/mol.